The molecule has 2 rings (SSSR count). The second-order valence-corrected chi connectivity index (χ2v) is 7.56. The topological polar surface area (TPSA) is 39.7 Å². The summed E-state index contributed by atoms with van der Waals surface area (Å²) in [7, 11) is 2.19. The fourth-order valence-electron chi connectivity index (χ4n) is 3.23. The molecule has 1 aromatic rings. The molecule has 25 heavy (non-hydrogen) atoms. The molecule has 0 amide bonds. The van der Waals surface area contributed by atoms with Crippen molar-refractivity contribution in [1.29, 1.82) is 0 Å². The van der Waals surface area contributed by atoms with Gasteiger partial charge in [-0.15, -0.1) is 0 Å². The van der Waals surface area contributed by atoms with E-state index < -0.39 is 0 Å². The van der Waals surface area contributed by atoms with Gasteiger partial charge in [0.15, 0.2) is 5.96 Å². The molecule has 140 valence electrons. The van der Waals surface area contributed by atoms with Crippen LogP contribution in [0.2, 0.25) is 0 Å². The van der Waals surface area contributed by atoms with Crippen LogP contribution in [-0.2, 0) is 12.3 Å². The number of likely N-dealkylation sites (tertiary alicyclic amines) is 1. The normalized spacial score (nSPS) is 19.0. The summed E-state index contributed by atoms with van der Waals surface area (Å²) in [5, 5.41) is 6.79. The lowest BCUT2D eigenvalue weighted by Gasteiger charge is -2.30. The van der Waals surface area contributed by atoms with Gasteiger partial charge in [-0.25, -0.2) is 9.38 Å². The van der Waals surface area contributed by atoms with E-state index >= 15 is 0 Å². The van der Waals surface area contributed by atoms with Crippen LogP contribution in [0.4, 0.5) is 4.39 Å². The highest BCUT2D eigenvalue weighted by molar-refractivity contribution is 7.97. The number of thioether (sulfide) groups is 1. The summed E-state index contributed by atoms with van der Waals surface area (Å²) in [4.78, 5) is 7.10. The van der Waals surface area contributed by atoms with Gasteiger partial charge in [-0.3, -0.25) is 0 Å². The Kier molecular flexibility index (Phi) is 8.55. The third-order valence-corrected chi connectivity index (χ3v) is 5.10. The standard InChI is InChI=1S/C19H31FN4S/c1-4-21-19(22-11-15-6-5-9-24(2)13-15)23-12-16-7-8-18(20)10-17(16)14-25-3/h7-8,10,15H,4-6,9,11-14H2,1-3H3,(H2,21,22,23). The predicted octanol–water partition coefficient (Wildman–Crippen LogP) is 3.09. The number of benzene rings is 1. The van der Waals surface area contributed by atoms with Crippen molar-refractivity contribution in [3.8, 4) is 0 Å². The van der Waals surface area contributed by atoms with Crippen molar-refractivity contribution in [2.75, 3.05) is 39.5 Å². The first kappa shape index (κ1) is 20.0. The van der Waals surface area contributed by atoms with Crippen LogP contribution in [0.25, 0.3) is 0 Å². The Morgan fingerprint density at radius 3 is 2.92 bits per heavy atom. The number of aliphatic imine (C=N–C) groups is 1. The quantitative estimate of drug-likeness (QED) is 0.575. The molecule has 1 aliphatic heterocycles. The molecule has 2 N–H and O–H groups in total. The van der Waals surface area contributed by atoms with Gasteiger partial charge in [0.1, 0.15) is 5.82 Å². The highest BCUT2D eigenvalue weighted by Crippen LogP contribution is 2.18. The Balaban J connectivity index is 1.97. The lowest BCUT2D eigenvalue weighted by Crippen LogP contribution is -2.43. The summed E-state index contributed by atoms with van der Waals surface area (Å²) in [6.07, 6.45) is 4.57. The van der Waals surface area contributed by atoms with E-state index in [-0.39, 0.29) is 5.82 Å². The Labute approximate surface area is 155 Å². The van der Waals surface area contributed by atoms with Gasteiger partial charge in [-0.1, -0.05) is 6.07 Å². The third kappa shape index (κ3) is 6.86. The van der Waals surface area contributed by atoms with Crippen LogP contribution in [0.5, 0.6) is 0 Å². The number of rotatable bonds is 7. The molecule has 4 nitrogen and oxygen atoms in total. The molecule has 0 saturated carbocycles. The number of hydrogen-bond donors (Lipinski definition) is 2. The molecule has 1 aliphatic rings. The molecule has 1 atom stereocenters. The van der Waals surface area contributed by atoms with Crippen LogP contribution < -0.4 is 10.6 Å². The number of nitrogens with one attached hydrogen (secondary N) is 2. The van der Waals surface area contributed by atoms with Crippen LogP contribution in [0.1, 0.15) is 30.9 Å². The summed E-state index contributed by atoms with van der Waals surface area (Å²) in [5.74, 6) is 2.14. The smallest absolute Gasteiger partial charge is 0.191 e. The van der Waals surface area contributed by atoms with E-state index in [9.17, 15) is 4.39 Å². The molecular weight excluding hydrogens is 335 g/mol. The lowest BCUT2D eigenvalue weighted by molar-refractivity contribution is 0.210. The molecule has 6 heteroatoms. The summed E-state index contributed by atoms with van der Waals surface area (Å²) in [5.41, 5.74) is 2.12. The van der Waals surface area contributed by atoms with Gasteiger partial charge in [-0.2, -0.15) is 11.8 Å². The molecule has 0 aliphatic carbocycles. The van der Waals surface area contributed by atoms with E-state index in [2.05, 4.69) is 29.5 Å². The van der Waals surface area contributed by atoms with Crippen LogP contribution in [0.3, 0.4) is 0 Å². The van der Waals surface area contributed by atoms with E-state index in [1.54, 1.807) is 17.8 Å². The average molecular weight is 367 g/mol. The molecule has 0 bridgehead atoms. The van der Waals surface area contributed by atoms with Gasteiger partial charge < -0.3 is 15.5 Å². The first-order valence-electron chi connectivity index (χ1n) is 9.09. The van der Waals surface area contributed by atoms with Gasteiger partial charge >= 0.3 is 0 Å². The highest BCUT2D eigenvalue weighted by Gasteiger charge is 2.17. The van der Waals surface area contributed by atoms with Crippen molar-refractivity contribution in [3.05, 3.63) is 35.1 Å². The third-order valence-electron chi connectivity index (χ3n) is 4.50. The summed E-state index contributed by atoms with van der Waals surface area (Å²) < 4.78 is 13.5. The minimum atomic E-state index is -0.178. The van der Waals surface area contributed by atoms with Gasteiger partial charge in [0.2, 0.25) is 0 Å². The Morgan fingerprint density at radius 2 is 2.20 bits per heavy atom. The van der Waals surface area contributed by atoms with E-state index in [1.165, 1.54) is 25.5 Å². The zero-order chi connectivity index (χ0) is 18.1. The van der Waals surface area contributed by atoms with Crippen LogP contribution in [-0.4, -0.2) is 50.3 Å². The predicted molar refractivity (Wildman–Crippen MR) is 107 cm³/mol. The first-order valence-corrected chi connectivity index (χ1v) is 10.5. The van der Waals surface area contributed by atoms with Gasteiger partial charge in [0, 0.05) is 25.4 Å². The summed E-state index contributed by atoms with van der Waals surface area (Å²) >= 11 is 1.70. The highest BCUT2D eigenvalue weighted by atomic mass is 32.2. The number of hydrogen-bond acceptors (Lipinski definition) is 3. The van der Waals surface area contributed by atoms with Crippen molar-refractivity contribution in [2.24, 2.45) is 10.9 Å². The SMILES string of the molecule is CCNC(=NCc1ccc(F)cc1CSC)NCC1CCCN(C)C1. The molecule has 1 saturated heterocycles. The Hall–Kier alpha value is -1.27. The maximum atomic E-state index is 13.5. The number of piperidine rings is 1. The molecule has 0 radical (unpaired) electrons. The van der Waals surface area contributed by atoms with E-state index in [4.69, 9.17) is 4.99 Å². The largest absolute Gasteiger partial charge is 0.357 e. The maximum absolute atomic E-state index is 13.5. The Bertz CT molecular complexity index is 564. The first-order chi connectivity index (χ1) is 12.1. The van der Waals surface area contributed by atoms with Crippen molar-refractivity contribution in [1.82, 2.24) is 15.5 Å². The van der Waals surface area contributed by atoms with E-state index in [1.807, 2.05) is 12.3 Å². The summed E-state index contributed by atoms with van der Waals surface area (Å²) in [6, 6.07) is 5.00. The number of guanidine groups is 1. The van der Waals surface area contributed by atoms with Gasteiger partial charge in [-0.05, 0) is 68.8 Å². The van der Waals surface area contributed by atoms with Crippen molar-refractivity contribution < 1.29 is 4.39 Å². The van der Waals surface area contributed by atoms with Crippen LogP contribution >= 0.6 is 11.8 Å². The van der Waals surface area contributed by atoms with Crippen molar-refractivity contribution in [2.45, 2.75) is 32.1 Å². The van der Waals surface area contributed by atoms with Gasteiger partial charge in [0.05, 0.1) is 6.54 Å². The zero-order valence-electron chi connectivity index (χ0n) is 15.6. The minimum absolute atomic E-state index is 0.178. The fraction of sp³-hybridized carbons (Fsp3) is 0.632. The fourth-order valence-corrected chi connectivity index (χ4v) is 3.81. The number of nitrogens with zero attached hydrogens (tertiary/aromatic N) is 2. The molecule has 0 spiro atoms. The van der Waals surface area contributed by atoms with Crippen molar-refractivity contribution in [3.63, 3.8) is 0 Å². The second kappa shape index (κ2) is 10.7. The van der Waals surface area contributed by atoms with Crippen molar-refractivity contribution >= 4 is 17.7 Å². The Morgan fingerprint density at radius 1 is 1.36 bits per heavy atom. The van der Waals surface area contributed by atoms with E-state index in [0.29, 0.717) is 12.5 Å². The van der Waals surface area contributed by atoms with E-state index in [0.717, 1.165) is 42.5 Å². The molecule has 0 aromatic heterocycles. The zero-order valence-corrected chi connectivity index (χ0v) is 16.5. The van der Waals surface area contributed by atoms with Crippen LogP contribution in [0, 0.1) is 11.7 Å². The van der Waals surface area contributed by atoms with Crippen LogP contribution in [0.15, 0.2) is 23.2 Å². The average Bonchev–Trinajstić information content (AvgIpc) is 2.59. The number of halogens is 1. The molecule has 1 heterocycles. The molecule has 1 fully saturated rings. The molecule has 1 aromatic carbocycles. The molecule has 1 unspecified atom stereocenters. The molecular formula is C19H31FN4S. The monoisotopic (exact) mass is 366 g/mol. The lowest BCUT2D eigenvalue weighted by atomic mass is 9.99. The minimum Gasteiger partial charge on any atom is -0.357 e. The summed E-state index contributed by atoms with van der Waals surface area (Å²) in [6.45, 7) is 6.75. The second-order valence-electron chi connectivity index (χ2n) is 6.69. The maximum Gasteiger partial charge on any atom is 0.191 e. The van der Waals surface area contributed by atoms with Gasteiger partial charge in [0.25, 0.3) is 0 Å².